The summed E-state index contributed by atoms with van der Waals surface area (Å²) in [6, 6.07) is 25.8. The van der Waals surface area contributed by atoms with Gasteiger partial charge in [0, 0.05) is 56.4 Å². The first kappa shape index (κ1) is 24.9. The van der Waals surface area contributed by atoms with Gasteiger partial charge in [-0.15, -0.1) is 0 Å². The number of aryl methyl sites for hydroxylation is 2. The molecule has 38 heavy (non-hydrogen) atoms. The van der Waals surface area contributed by atoms with Crippen molar-refractivity contribution in [1.29, 1.82) is 0 Å². The van der Waals surface area contributed by atoms with Gasteiger partial charge in [-0.05, 0) is 47.2 Å². The van der Waals surface area contributed by atoms with Gasteiger partial charge in [0.15, 0.2) is 0 Å². The number of rotatable bonds is 7. The molecule has 0 amide bonds. The summed E-state index contributed by atoms with van der Waals surface area (Å²) in [5.74, 6) is 1.38. The van der Waals surface area contributed by atoms with Crippen LogP contribution in [0.25, 0.3) is 10.9 Å². The van der Waals surface area contributed by atoms with Crippen LogP contribution in [0.3, 0.4) is 0 Å². The minimum Gasteiger partial charge on any atom is -0.497 e. The Hall–Kier alpha value is -3.45. The molecular formula is C32H35N3O3. The van der Waals surface area contributed by atoms with E-state index in [1.165, 1.54) is 22.3 Å². The zero-order chi connectivity index (χ0) is 25.9. The minimum atomic E-state index is -0.584. The molecule has 196 valence electrons. The number of pyridine rings is 1. The van der Waals surface area contributed by atoms with Gasteiger partial charge in [0.2, 0.25) is 0 Å². The molecule has 1 N–H and O–H groups in total. The molecule has 0 radical (unpaired) electrons. The van der Waals surface area contributed by atoms with Gasteiger partial charge in [0.05, 0.1) is 18.7 Å². The molecule has 6 rings (SSSR count). The van der Waals surface area contributed by atoms with Crippen LogP contribution < -0.4 is 9.47 Å². The summed E-state index contributed by atoms with van der Waals surface area (Å²) < 4.78 is 11.5. The number of aromatic nitrogens is 1. The summed E-state index contributed by atoms with van der Waals surface area (Å²) in [4.78, 5) is 9.39. The lowest BCUT2D eigenvalue weighted by Gasteiger charge is -2.40. The largest absolute Gasteiger partial charge is 0.497 e. The maximum absolute atomic E-state index is 10.8. The number of ether oxygens (including phenoxy) is 2. The van der Waals surface area contributed by atoms with Crippen molar-refractivity contribution in [3.8, 4) is 11.5 Å². The molecule has 0 spiro atoms. The van der Waals surface area contributed by atoms with Crippen molar-refractivity contribution >= 4 is 10.9 Å². The third-order valence-corrected chi connectivity index (χ3v) is 7.93. The van der Waals surface area contributed by atoms with Gasteiger partial charge in [0.25, 0.3) is 0 Å². The van der Waals surface area contributed by atoms with Gasteiger partial charge in [-0.3, -0.25) is 14.8 Å². The first-order valence-corrected chi connectivity index (χ1v) is 13.6. The fourth-order valence-electron chi connectivity index (χ4n) is 5.99. The maximum atomic E-state index is 10.8. The Morgan fingerprint density at radius 1 is 0.895 bits per heavy atom. The summed E-state index contributed by atoms with van der Waals surface area (Å²) >= 11 is 0. The molecular weight excluding hydrogens is 474 g/mol. The number of benzene rings is 3. The predicted molar refractivity (Wildman–Crippen MR) is 150 cm³/mol. The molecule has 0 bridgehead atoms. The Labute approximate surface area is 224 Å². The summed E-state index contributed by atoms with van der Waals surface area (Å²) in [7, 11) is 1.63. The van der Waals surface area contributed by atoms with E-state index in [1.807, 2.05) is 24.3 Å². The van der Waals surface area contributed by atoms with Crippen LogP contribution in [0.4, 0.5) is 0 Å². The van der Waals surface area contributed by atoms with Crippen molar-refractivity contribution < 1.29 is 14.6 Å². The Balaban J connectivity index is 1.10. The number of fused-ring (bicyclic) bond motifs is 3. The minimum absolute atomic E-state index is 0.223. The van der Waals surface area contributed by atoms with Gasteiger partial charge >= 0.3 is 0 Å². The van der Waals surface area contributed by atoms with Crippen LogP contribution in [-0.2, 0) is 12.8 Å². The topological polar surface area (TPSA) is 58.1 Å². The lowest BCUT2D eigenvalue weighted by Crippen LogP contribution is -2.50. The Kier molecular flexibility index (Phi) is 7.27. The zero-order valence-corrected chi connectivity index (χ0v) is 21.9. The average Bonchev–Trinajstić information content (AvgIpc) is 3.13. The molecule has 1 aliphatic heterocycles. The molecule has 2 aliphatic rings. The monoisotopic (exact) mass is 509 g/mol. The molecule has 1 aliphatic carbocycles. The summed E-state index contributed by atoms with van der Waals surface area (Å²) in [5.41, 5.74) is 6.63. The summed E-state index contributed by atoms with van der Waals surface area (Å²) in [6.45, 7) is 4.58. The smallest absolute Gasteiger partial charge is 0.132 e. The quantitative estimate of drug-likeness (QED) is 0.396. The fourth-order valence-corrected chi connectivity index (χ4v) is 5.99. The van der Waals surface area contributed by atoms with E-state index >= 15 is 0 Å². The van der Waals surface area contributed by atoms with E-state index < -0.39 is 6.10 Å². The van der Waals surface area contributed by atoms with E-state index in [0.29, 0.717) is 18.0 Å². The van der Waals surface area contributed by atoms with Gasteiger partial charge in [-0.1, -0.05) is 48.5 Å². The van der Waals surface area contributed by atoms with Gasteiger partial charge in [0.1, 0.15) is 24.2 Å². The average molecular weight is 510 g/mol. The molecule has 1 aromatic heterocycles. The van der Waals surface area contributed by atoms with E-state index in [4.69, 9.17) is 9.47 Å². The van der Waals surface area contributed by atoms with E-state index in [9.17, 15) is 5.11 Å². The van der Waals surface area contributed by atoms with Crippen molar-refractivity contribution in [1.82, 2.24) is 14.8 Å². The second-order valence-corrected chi connectivity index (χ2v) is 10.3. The maximum Gasteiger partial charge on any atom is 0.132 e. The molecule has 4 aromatic rings. The number of aliphatic hydroxyl groups excluding tert-OH is 1. The van der Waals surface area contributed by atoms with E-state index in [-0.39, 0.29) is 12.6 Å². The Bertz CT molecular complexity index is 1350. The highest BCUT2D eigenvalue weighted by molar-refractivity contribution is 5.86. The van der Waals surface area contributed by atoms with E-state index in [1.54, 1.807) is 13.3 Å². The zero-order valence-electron chi connectivity index (χ0n) is 21.9. The number of β-amino-alcohol motifs (C(OH)–C–C–N with tert-alkyl or cyclic N) is 1. The molecule has 1 atom stereocenters. The van der Waals surface area contributed by atoms with Crippen LogP contribution in [0.5, 0.6) is 11.5 Å². The number of methoxy groups -OCH3 is 1. The second-order valence-electron chi connectivity index (χ2n) is 10.3. The number of hydrogen-bond donors (Lipinski definition) is 1. The summed E-state index contributed by atoms with van der Waals surface area (Å²) in [5, 5.41) is 11.8. The lowest BCUT2D eigenvalue weighted by atomic mass is 9.92. The molecule has 6 heteroatoms. The highest BCUT2D eigenvalue weighted by Gasteiger charge is 2.31. The van der Waals surface area contributed by atoms with Crippen molar-refractivity contribution in [2.24, 2.45) is 0 Å². The van der Waals surface area contributed by atoms with Crippen molar-refractivity contribution in [3.63, 3.8) is 0 Å². The fraction of sp³-hybridized carbons (Fsp3) is 0.344. The molecule has 2 heterocycles. The SMILES string of the molecule is COc1cc(OCC(O)CN2CCN(C3c4ccccc4CCc4ccccc43)CC2)c2cccnc2c1. The first-order valence-electron chi connectivity index (χ1n) is 13.6. The van der Waals surface area contributed by atoms with Crippen LogP contribution in [-0.4, -0.2) is 72.4 Å². The standard InChI is InChI=1S/C32H35N3O3/c1-37-26-19-30-29(11-6-14-33-30)31(20-26)38-22-25(36)21-34-15-17-35(18-16-34)32-27-9-4-2-7-23(27)12-13-24-8-3-5-10-28(24)32/h2-11,14,19-20,25,32,36H,12-13,15-18,21-22H2,1H3. The number of piperazine rings is 1. The highest BCUT2D eigenvalue weighted by Crippen LogP contribution is 2.37. The molecule has 3 aromatic carbocycles. The van der Waals surface area contributed by atoms with Crippen LogP contribution >= 0.6 is 0 Å². The van der Waals surface area contributed by atoms with Crippen molar-refractivity contribution in [2.45, 2.75) is 25.0 Å². The van der Waals surface area contributed by atoms with Crippen LogP contribution in [0.1, 0.15) is 28.3 Å². The number of aliphatic hydroxyl groups is 1. The Morgan fingerprint density at radius 2 is 1.58 bits per heavy atom. The lowest BCUT2D eigenvalue weighted by molar-refractivity contribution is 0.0403. The molecule has 6 nitrogen and oxygen atoms in total. The molecule has 1 unspecified atom stereocenters. The van der Waals surface area contributed by atoms with Gasteiger partial charge in [-0.25, -0.2) is 0 Å². The second kappa shape index (κ2) is 11.1. The third kappa shape index (κ3) is 5.12. The summed E-state index contributed by atoms with van der Waals surface area (Å²) in [6.07, 6.45) is 3.36. The van der Waals surface area contributed by atoms with Crippen LogP contribution in [0.2, 0.25) is 0 Å². The normalized spacial score (nSPS) is 17.4. The van der Waals surface area contributed by atoms with Crippen LogP contribution in [0.15, 0.2) is 79.0 Å². The predicted octanol–water partition coefficient (Wildman–Crippen LogP) is 4.49. The van der Waals surface area contributed by atoms with E-state index in [0.717, 1.165) is 49.9 Å². The number of nitrogens with zero attached hydrogens (tertiary/aromatic N) is 3. The van der Waals surface area contributed by atoms with Crippen LogP contribution in [0, 0.1) is 0 Å². The van der Waals surface area contributed by atoms with Crippen molar-refractivity contribution in [2.75, 3.05) is 46.4 Å². The highest BCUT2D eigenvalue weighted by atomic mass is 16.5. The third-order valence-electron chi connectivity index (χ3n) is 7.93. The van der Waals surface area contributed by atoms with Crippen molar-refractivity contribution in [3.05, 3.63) is 101 Å². The number of hydrogen-bond acceptors (Lipinski definition) is 6. The van der Waals surface area contributed by atoms with E-state index in [2.05, 4.69) is 63.3 Å². The van der Waals surface area contributed by atoms with Gasteiger partial charge < -0.3 is 14.6 Å². The Morgan fingerprint density at radius 3 is 2.26 bits per heavy atom. The molecule has 1 fully saturated rings. The van der Waals surface area contributed by atoms with Gasteiger partial charge in [-0.2, -0.15) is 0 Å². The molecule has 1 saturated heterocycles. The first-order chi connectivity index (χ1) is 18.7. The molecule has 0 saturated carbocycles.